The number of carboxylic acid groups (broad SMARTS) is 1. The number of halogens is 1. The molecule has 0 spiro atoms. The summed E-state index contributed by atoms with van der Waals surface area (Å²) in [5.41, 5.74) is 0. The summed E-state index contributed by atoms with van der Waals surface area (Å²) in [7, 11) is 0. The zero-order chi connectivity index (χ0) is 14.3. The van der Waals surface area contributed by atoms with E-state index in [4.69, 9.17) is 5.11 Å². The molecule has 0 unspecified atom stereocenters. The third kappa shape index (κ3) is 15.4. The SMILES string of the molecule is CCCCCCC=CCCC(Br)=CCCCC(=O)O. The Labute approximate surface area is 126 Å². The van der Waals surface area contributed by atoms with E-state index in [1.165, 1.54) is 36.6 Å². The lowest BCUT2D eigenvalue weighted by Crippen LogP contribution is -1.92. The average Bonchev–Trinajstić information content (AvgIpc) is 2.37. The third-order valence-electron chi connectivity index (χ3n) is 2.90. The minimum atomic E-state index is -0.712. The molecule has 0 aliphatic rings. The molecule has 0 saturated carbocycles. The van der Waals surface area contributed by atoms with Crippen LogP contribution in [-0.2, 0) is 4.79 Å². The molecule has 0 heterocycles. The molecule has 3 heteroatoms. The summed E-state index contributed by atoms with van der Waals surface area (Å²) in [5, 5.41) is 8.51. The molecule has 0 radical (unpaired) electrons. The van der Waals surface area contributed by atoms with Crippen molar-refractivity contribution in [1.29, 1.82) is 0 Å². The Balaban J connectivity index is 3.45. The summed E-state index contributed by atoms with van der Waals surface area (Å²) >= 11 is 3.53. The van der Waals surface area contributed by atoms with Gasteiger partial charge < -0.3 is 5.11 Å². The maximum absolute atomic E-state index is 10.3. The molecule has 0 amide bonds. The monoisotopic (exact) mass is 330 g/mol. The molecule has 1 N–H and O–H groups in total. The van der Waals surface area contributed by atoms with Gasteiger partial charge in [-0.25, -0.2) is 0 Å². The molecule has 0 fully saturated rings. The molecule has 110 valence electrons. The Morgan fingerprint density at radius 2 is 1.74 bits per heavy atom. The normalized spacial score (nSPS) is 12.2. The number of unbranched alkanes of at least 4 members (excludes halogenated alkanes) is 5. The first-order valence-electron chi connectivity index (χ1n) is 7.38. The smallest absolute Gasteiger partial charge is 0.303 e. The predicted molar refractivity (Wildman–Crippen MR) is 85.6 cm³/mol. The van der Waals surface area contributed by atoms with Gasteiger partial charge in [0.1, 0.15) is 0 Å². The highest BCUT2D eigenvalue weighted by molar-refractivity contribution is 9.11. The highest BCUT2D eigenvalue weighted by atomic mass is 79.9. The van der Waals surface area contributed by atoms with Crippen molar-refractivity contribution in [3.63, 3.8) is 0 Å². The highest BCUT2D eigenvalue weighted by Crippen LogP contribution is 2.15. The molecule has 19 heavy (non-hydrogen) atoms. The fourth-order valence-corrected chi connectivity index (χ4v) is 2.22. The van der Waals surface area contributed by atoms with E-state index < -0.39 is 5.97 Å². The second-order valence-corrected chi connectivity index (χ2v) is 5.81. The van der Waals surface area contributed by atoms with Gasteiger partial charge in [-0.2, -0.15) is 0 Å². The van der Waals surface area contributed by atoms with Gasteiger partial charge in [0.15, 0.2) is 0 Å². The van der Waals surface area contributed by atoms with Crippen molar-refractivity contribution in [3.05, 3.63) is 22.7 Å². The van der Waals surface area contributed by atoms with Gasteiger partial charge in [-0.3, -0.25) is 4.79 Å². The van der Waals surface area contributed by atoms with Crippen molar-refractivity contribution in [2.75, 3.05) is 0 Å². The Morgan fingerprint density at radius 3 is 2.42 bits per heavy atom. The van der Waals surface area contributed by atoms with Crippen molar-refractivity contribution in [2.45, 2.75) is 71.1 Å². The first kappa shape index (κ1) is 18.4. The molecule has 0 bridgehead atoms. The van der Waals surface area contributed by atoms with Crippen molar-refractivity contribution in [1.82, 2.24) is 0 Å². The van der Waals surface area contributed by atoms with E-state index >= 15 is 0 Å². The Hall–Kier alpha value is -0.570. The van der Waals surface area contributed by atoms with Crippen molar-refractivity contribution < 1.29 is 9.90 Å². The highest BCUT2D eigenvalue weighted by Gasteiger charge is 1.95. The molecule has 0 aliphatic heterocycles. The van der Waals surface area contributed by atoms with Gasteiger partial charge >= 0.3 is 5.97 Å². The molecule has 0 saturated heterocycles. The number of hydrogen-bond acceptors (Lipinski definition) is 1. The average molecular weight is 331 g/mol. The van der Waals surface area contributed by atoms with Crippen LogP contribution in [0.2, 0.25) is 0 Å². The van der Waals surface area contributed by atoms with Gasteiger partial charge in [0.2, 0.25) is 0 Å². The fraction of sp³-hybridized carbons (Fsp3) is 0.688. The summed E-state index contributed by atoms with van der Waals surface area (Å²) in [5.74, 6) is -0.712. The first-order valence-corrected chi connectivity index (χ1v) is 8.17. The number of carboxylic acids is 1. The second kappa shape index (κ2) is 13.9. The van der Waals surface area contributed by atoms with Crippen LogP contribution in [0.5, 0.6) is 0 Å². The van der Waals surface area contributed by atoms with Crippen LogP contribution in [0.15, 0.2) is 22.7 Å². The number of rotatable bonds is 12. The summed E-state index contributed by atoms with van der Waals surface area (Å²) in [4.78, 5) is 10.3. The molecule has 2 nitrogen and oxygen atoms in total. The van der Waals surface area contributed by atoms with Gasteiger partial charge in [0, 0.05) is 6.42 Å². The quantitative estimate of drug-likeness (QED) is 0.361. The minimum Gasteiger partial charge on any atom is -0.481 e. The van der Waals surface area contributed by atoms with Crippen molar-refractivity contribution >= 4 is 21.9 Å². The predicted octanol–water partition coefficient (Wildman–Crippen LogP) is 5.83. The summed E-state index contributed by atoms with van der Waals surface area (Å²) in [6.07, 6.45) is 17.0. The molecule has 0 aromatic carbocycles. The molecule has 0 aromatic rings. The van der Waals surface area contributed by atoms with Crippen LogP contribution in [0.25, 0.3) is 0 Å². The molecular formula is C16H27BrO2. The molecule has 0 aliphatic carbocycles. The Bertz CT molecular complexity index is 282. The Kier molecular flexibility index (Phi) is 13.4. The topological polar surface area (TPSA) is 37.3 Å². The van der Waals surface area contributed by atoms with Gasteiger partial charge in [0.25, 0.3) is 0 Å². The van der Waals surface area contributed by atoms with E-state index in [2.05, 4.69) is 41.1 Å². The van der Waals surface area contributed by atoms with Crippen LogP contribution in [-0.4, -0.2) is 11.1 Å². The van der Waals surface area contributed by atoms with E-state index in [0.29, 0.717) is 0 Å². The molecule has 0 aromatic heterocycles. The van der Waals surface area contributed by atoms with Gasteiger partial charge in [0.05, 0.1) is 0 Å². The fourth-order valence-electron chi connectivity index (χ4n) is 1.76. The number of allylic oxidation sites excluding steroid dienone is 4. The lowest BCUT2D eigenvalue weighted by atomic mass is 10.1. The van der Waals surface area contributed by atoms with Crippen LogP contribution in [0.3, 0.4) is 0 Å². The molecular weight excluding hydrogens is 304 g/mol. The van der Waals surface area contributed by atoms with E-state index in [-0.39, 0.29) is 6.42 Å². The van der Waals surface area contributed by atoms with Crippen LogP contribution in [0.4, 0.5) is 0 Å². The maximum atomic E-state index is 10.3. The largest absolute Gasteiger partial charge is 0.481 e. The molecule has 0 atom stereocenters. The Morgan fingerprint density at radius 1 is 1.00 bits per heavy atom. The van der Waals surface area contributed by atoms with Crippen LogP contribution < -0.4 is 0 Å². The zero-order valence-corrected chi connectivity index (χ0v) is 13.6. The number of hydrogen-bond donors (Lipinski definition) is 1. The van der Waals surface area contributed by atoms with Gasteiger partial charge in [-0.15, -0.1) is 0 Å². The zero-order valence-electron chi connectivity index (χ0n) is 12.0. The van der Waals surface area contributed by atoms with Crippen molar-refractivity contribution in [3.8, 4) is 0 Å². The minimum absolute atomic E-state index is 0.258. The summed E-state index contributed by atoms with van der Waals surface area (Å²) in [6.45, 7) is 2.23. The van der Waals surface area contributed by atoms with E-state index in [9.17, 15) is 4.79 Å². The van der Waals surface area contributed by atoms with Crippen LogP contribution in [0, 0.1) is 0 Å². The van der Waals surface area contributed by atoms with Crippen LogP contribution >= 0.6 is 15.9 Å². The van der Waals surface area contributed by atoms with E-state index in [0.717, 1.165) is 25.7 Å². The number of aliphatic carboxylic acids is 1. The third-order valence-corrected chi connectivity index (χ3v) is 3.62. The second-order valence-electron chi connectivity index (χ2n) is 4.80. The lowest BCUT2D eigenvalue weighted by molar-refractivity contribution is -0.137. The van der Waals surface area contributed by atoms with Gasteiger partial charge in [-0.05, 0) is 43.0 Å². The maximum Gasteiger partial charge on any atom is 0.303 e. The summed E-state index contributed by atoms with van der Waals surface area (Å²) < 4.78 is 1.19. The van der Waals surface area contributed by atoms with Crippen molar-refractivity contribution in [2.24, 2.45) is 0 Å². The number of carbonyl (C=O) groups is 1. The molecule has 0 rings (SSSR count). The van der Waals surface area contributed by atoms with Crippen LogP contribution in [0.1, 0.15) is 71.1 Å². The summed E-state index contributed by atoms with van der Waals surface area (Å²) in [6, 6.07) is 0. The van der Waals surface area contributed by atoms with E-state index in [1.807, 2.05) is 0 Å². The lowest BCUT2D eigenvalue weighted by Gasteiger charge is -1.97. The first-order chi connectivity index (χ1) is 9.16. The standard InChI is InChI=1S/C16H27BrO2/c1-2-3-4-5-6-7-8-9-12-15(17)13-10-11-14-16(18)19/h7-8,13H,2-6,9-12,14H2,1H3,(H,18,19). The van der Waals surface area contributed by atoms with Gasteiger partial charge in [-0.1, -0.05) is 60.3 Å². The van der Waals surface area contributed by atoms with E-state index in [1.54, 1.807) is 0 Å².